The first-order chi connectivity index (χ1) is 23.9. The molecule has 14 heteroatoms. The van der Waals surface area contributed by atoms with Crippen molar-refractivity contribution in [2.45, 2.75) is 37.5 Å². The summed E-state index contributed by atoms with van der Waals surface area (Å²) in [7, 11) is -4.26. The third-order valence-electron chi connectivity index (χ3n) is 7.86. The summed E-state index contributed by atoms with van der Waals surface area (Å²) < 4.78 is 68.1. The SMILES string of the molecule is COc1cc(Cc2cc(Oc3ccc(NC(=O)Nc4cc(C(C)(C)C)cc(NS(C)(=O)=O)c4OC)c4ccccc34)ccn2)ccc1S(C)(=O)=O. The molecule has 2 amide bonds. The first kappa shape index (κ1) is 36.9. The van der Waals surface area contributed by atoms with Crippen LogP contribution in [0, 0.1) is 0 Å². The van der Waals surface area contributed by atoms with E-state index in [0.29, 0.717) is 34.7 Å². The maximum Gasteiger partial charge on any atom is 0.323 e. The van der Waals surface area contributed by atoms with Gasteiger partial charge in [-0.15, -0.1) is 0 Å². The van der Waals surface area contributed by atoms with Crippen molar-refractivity contribution < 1.29 is 35.8 Å². The first-order valence-electron chi connectivity index (χ1n) is 15.7. The van der Waals surface area contributed by atoms with Crippen LogP contribution in [0.25, 0.3) is 10.8 Å². The predicted molar refractivity (Wildman–Crippen MR) is 200 cm³/mol. The molecule has 0 spiro atoms. The molecule has 0 aliphatic rings. The highest BCUT2D eigenvalue weighted by atomic mass is 32.2. The van der Waals surface area contributed by atoms with Gasteiger partial charge in [0.15, 0.2) is 15.6 Å². The number of rotatable bonds is 11. The van der Waals surface area contributed by atoms with Crippen molar-refractivity contribution in [1.82, 2.24) is 4.98 Å². The number of pyridine rings is 1. The average Bonchev–Trinajstić information content (AvgIpc) is 3.04. The van der Waals surface area contributed by atoms with E-state index in [2.05, 4.69) is 20.3 Å². The highest BCUT2D eigenvalue weighted by Crippen LogP contribution is 2.40. The van der Waals surface area contributed by atoms with Crippen LogP contribution in [0.4, 0.5) is 21.9 Å². The van der Waals surface area contributed by atoms with Gasteiger partial charge in [0, 0.05) is 41.4 Å². The molecule has 0 radical (unpaired) electrons. The zero-order valence-electron chi connectivity index (χ0n) is 29.3. The number of urea groups is 1. The smallest absolute Gasteiger partial charge is 0.323 e. The van der Waals surface area contributed by atoms with Gasteiger partial charge in [0.25, 0.3) is 0 Å². The number of nitrogens with one attached hydrogen (secondary N) is 3. The molecule has 1 heterocycles. The third kappa shape index (κ3) is 9.07. The van der Waals surface area contributed by atoms with Gasteiger partial charge >= 0.3 is 6.03 Å². The minimum Gasteiger partial charge on any atom is -0.495 e. The van der Waals surface area contributed by atoms with Crippen LogP contribution in [0.15, 0.2) is 90.0 Å². The van der Waals surface area contributed by atoms with E-state index in [1.807, 2.05) is 45.0 Å². The number of nitrogens with zero attached hydrogens (tertiary/aromatic N) is 1. The molecule has 1 aromatic heterocycles. The summed E-state index contributed by atoms with van der Waals surface area (Å²) in [6.45, 7) is 5.93. The normalized spacial score (nSPS) is 11.9. The monoisotopic (exact) mass is 732 g/mol. The highest BCUT2D eigenvalue weighted by molar-refractivity contribution is 7.92. The minimum atomic E-state index is -3.64. The Morgan fingerprint density at radius 2 is 1.45 bits per heavy atom. The number of amides is 2. The fourth-order valence-corrected chi connectivity index (χ4v) is 6.85. The molecule has 0 fully saturated rings. The number of fused-ring (bicyclic) bond motifs is 1. The van der Waals surface area contributed by atoms with Crippen LogP contribution < -0.4 is 29.6 Å². The van der Waals surface area contributed by atoms with Crippen LogP contribution in [0.1, 0.15) is 37.6 Å². The van der Waals surface area contributed by atoms with E-state index in [9.17, 15) is 21.6 Å². The number of methoxy groups -OCH3 is 2. The lowest BCUT2D eigenvalue weighted by Gasteiger charge is -2.24. The van der Waals surface area contributed by atoms with Crippen molar-refractivity contribution in [2.24, 2.45) is 0 Å². The first-order valence-corrected chi connectivity index (χ1v) is 19.5. The third-order valence-corrected chi connectivity index (χ3v) is 9.59. The Hall–Kier alpha value is -5.34. The largest absolute Gasteiger partial charge is 0.495 e. The number of anilines is 3. The Balaban J connectivity index is 1.39. The highest BCUT2D eigenvalue weighted by Gasteiger charge is 2.23. The van der Waals surface area contributed by atoms with Gasteiger partial charge in [-0.05, 0) is 59.0 Å². The van der Waals surface area contributed by atoms with E-state index in [0.717, 1.165) is 29.0 Å². The van der Waals surface area contributed by atoms with Gasteiger partial charge in [0.05, 0.1) is 37.5 Å². The lowest BCUT2D eigenvalue weighted by Crippen LogP contribution is -2.22. The Kier molecular flexibility index (Phi) is 10.5. The molecule has 0 unspecified atom stereocenters. The second kappa shape index (κ2) is 14.5. The van der Waals surface area contributed by atoms with Crippen LogP contribution >= 0.6 is 0 Å². The Morgan fingerprint density at radius 1 is 0.765 bits per heavy atom. The van der Waals surface area contributed by atoms with Crippen LogP contribution in [0.3, 0.4) is 0 Å². The number of carbonyl (C=O) groups excluding carboxylic acids is 1. The molecule has 5 rings (SSSR count). The minimum absolute atomic E-state index is 0.117. The number of benzene rings is 4. The van der Waals surface area contributed by atoms with Crippen molar-refractivity contribution in [3.63, 3.8) is 0 Å². The molecule has 5 aromatic rings. The van der Waals surface area contributed by atoms with Gasteiger partial charge < -0.3 is 24.8 Å². The lowest BCUT2D eigenvalue weighted by molar-refractivity contribution is 0.262. The van der Waals surface area contributed by atoms with E-state index < -0.39 is 25.9 Å². The number of sulfone groups is 1. The summed E-state index contributed by atoms with van der Waals surface area (Å²) >= 11 is 0. The van der Waals surface area contributed by atoms with Crippen molar-refractivity contribution >= 4 is 53.7 Å². The van der Waals surface area contributed by atoms with E-state index in [1.165, 1.54) is 20.3 Å². The van der Waals surface area contributed by atoms with Crippen LogP contribution in [0.5, 0.6) is 23.0 Å². The quantitative estimate of drug-likeness (QED) is 0.126. The van der Waals surface area contributed by atoms with E-state index in [4.69, 9.17) is 14.2 Å². The molecule has 51 heavy (non-hydrogen) atoms. The van der Waals surface area contributed by atoms with Gasteiger partial charge in [-0.3, -0.25) is 9.71 Å². The predicted octanol–water partition coefficient (Wildman–Crippen LogP) is 7.35. The molecule has 0 aliphatic heterocycles. The summed E-state index contributed by atoms with van der Waals surface area (Å²) in [5.74, 6) is 1.51. The molecule has 0 aliphatic carbocycles. The van der Waals surface area contributed by atoms with Crippen molar-refractivity contribution in [3.8, 4) is 23.0 Å². The Morgan fingerprint density at radius 3 is 2.10 bits per heavy atom. The number of sulfonamides is 1. The summed E-state index contributed by atoms with van der Waals surface area (Å²) in [6.07, 6.45) is 4.22. The number of aromatic nitrogens is 1. The second-order valence-corrected chi connectivity index (χ2v) is 16.7. The Labute approximate surface area is 298 Å². The van der Waals surface area contributed by atoms with E-state index >= 15 is 0 Å². The molecular weight excluding hydrogens is 693 g/mol. The molecule has 4 aromatic carbocycles. The molecule has 0 atom stereocenters. The Bertz CT molecular complexity index is 2340. The van der Waals surface area contributed by atoms with Crippen LogP contribution in [-0.2, 0) is 31.7 Å². The zero-order valence-corrected chi connectivity index (χ0v) is 31.0. The molecule has 12 nitrogen and oxygen atoms in total. The summed E-state index contributed by atoms with van der Waals surface area (Å²) in [5, 5.41) is 7.18. The summed E-state index contributed by atoms with van der Waals surface area (Å²) in [4.78, 5) is 18.0. The standard InChI is InChI=1S/C37H40N4O8S2/c1-37(2,3)24-20-30(35(48-5)31(21-24)41-51(7,45)46)40-36(42)39-29-13-14-32(28-11-9-8-10-27(28)29)49-26-16-17-38-25(22-26)18-23-12-15-34(50(6,43)44)33(19-23)47-4/h8-17,19-22,41H,18H2,1-7H3,(H2,39,40,42). The summed E-state index contributed by atoms with van der Waals surface area (Å²) in [6, 6.07) is 22.3. The van der Waals surface area contributed by atoms with E-state index in [1.54, 1.807) is 54.7 Å². The maximum absolute atomic E-state index is 13.4. The van der Waals surface area contributed by atoms with Crippen LogP contribution in [-0.4, -0.2) is 54.6 Å². The van der Waals surface area contributed by atoms with E-state index in [-0.39, 0.29) is 33.2 Å². The van der Waals surface area contributed by atoms with Crippen LogP contribution in [0.2, 0.25) is 0 Å². The molecule has 0 bridgehead atoms. The fraction of sp³-hybridized carbons (Fsp3) is 0.243. The number of hydrogen-bond donors (Lipinski definition) is 3. The summed E-state index contributed by atoms with van der Waals surface area (Å²) in [5.41, 5.74) is 2.93. The molecular formula is C37H40N4O8S2. The second-order valence-electron chi connectivity index (χ2n) is 13.0. The lowest BCUT2D eigenvalue weighted by atomic mass is 9.86. The van der Waals surface area contributed by atoms with Gasteiger partial charge in [0.2, 0.25) is 10.0 Å². The van der Waals surface area contributed by atoms with Gasteiger partial charge in [-0.1, -0.05) is 51.1 Å². The van der Waals surface area contributed by atoms with Gasteiger partial charge in [0.1, 0.15) is 22.1 Å². The zero-order chi connectivity index (χ0) is 37.1. The number of ether oxygens (including phenoxy) is 3. The number of hydrogen-bond acceptors (Lipinski definition) is 9. The van der Waals surface area contributed by atoms with Crippen molar-refractivity contribution in [2.75, 3.05) is 42.1 Å². The van der Waals surface area contributed by atoms with Crippen molar-refractivity contribution in [1.29, 1.82) is 0 Å². The fourth-order valence-electron chi connectivity index (χ4n) is 5.48. The van der Waals surface area contributed by atoms with Gasteiger partial charge in [-0.25, -0.2) is 21.6 Å². The average molecular weight is 733 g/mol. The topological polar surface area (TPSA) is 162 Å². The van der Waals surface area contributed by atoms with Gasteiger partial charge in [-0.2, -0.15) is 0 Å². The molecule has 3 N–H and O–H groups in total. The molecule has 268 valence electrons. The number of carbonyl (C=O) groups is 1. The molecule has 0 saturated heterocycles. The van der Waals surface area contributed by atoms with Crippen molar-refractivity contribution in [3.05, 3.63) is 102 Å². The molecule has 0 saturated carbocycles. The maximum atomic E-state index is 13.4.